The van der Waals surface area contributed by atoms with Crippen LogP contribution in [0.1, 0.15) is 31.8 Å². The van der Waals surface area contributed by atoms with Crippen LogP contribution < -0.4 is 0 Å². The van der Waals surface area contributed by atoms with E-state index in [0.717, 1.165) is 40.9 Å². The molecule has 0 amide bonds. The van der Waals surface area contributed by atoms with Gasteiger partial charge in [0.05, 0.1) is 16.2 Å². The Bertz CT molecular complexity index is 1420. The largest absolute Gasteiger partial charge is 0.478 e. The summed E-state index contributed by atoms with van der Waals surface area (Å²) in [6.07, 6.45) is 0.939. The molecule has 3 aromatic carbocycles. The molecule has 1 N–H and O–H groups in total. The number of allylic oxidation sites excluding steroid dienone is 1. The molecule has 0 atom stereocenters. The lowest BCUT2D eigenvalue weighted by Crippen LogP contribution is -2.16. The number of nitrogens with zero attached hydrogens (tertiary/aromatic N) is 1. The van der Waals surface area contributed by atoms with Crippen LogP contribution in [0.3, 0.4) is 0 Å². The van der Waals surface area contributed by atoms with Crippen molar-refractivity contribution in [1.82, 2.24) is 0 Å². The van der Waals surface area contributed by atoms with E-state index in [2.05, 4.69) is 15.9 Å². The smallest absolute Gasteiger partial charge is 0.335 e. The van der Waals surface area contributed by atoms with Gasteiger partial charge in [0.15, 0.2) is 9.84 Å². The lowest BCUT2D eigenvalue weighted by atomic mass is 10.1. The Morgan fingerprint density at radius 3 is 2.15 bits per heavy atom. The molecule has 0 saturated heterocycles. The van der Waals surface area contributed by atoms with Crippen LogP contribution in [0.25, 0.3) is 6.08 Å². The van der Waals surface area contributed by atoms with Gasteiger partial charge in [0.25, 0.3) is 0 Å². The van der Waals surface area contributed by atoms with Crippen molar-refractivity contribution in [2.75, 3.05) is 0 Å². The van der Waals surface area contributed by atoms with Crippen LogP contribution >= 0.6 is 15.9 Å². The third-order valence-electron chi connectivity index (χ3n) is 4.69. The molecule has 3 aromatic rings. The number of carbonyl (C=O) groups excluding carboxylic acids is 1. The molecule has 0 bridgehead atoms. The van der Waals surface area contributed by atoms with Crippen LogP contribution in [0.15, 0.2) is 76.1 Å². The van der Waals surface area contributed by atoms with Crippen LogP contribution in [0.5, 0.6) is 0 Å². The summed E-state index contributed by atoms with van der Waals surface area (Å²) in [6.45, 7) is 0. The first-order valence-electron chi connectivity index (χ1n) is 9.49. The van der Waals surface area contributed by atoms with Crippen molar-refractivity contribution in [1.29, 1.82) is 0 Å². The fourth-order valence-corrected chi connectivity index (χ4v) is 4.76. The number of carbonyl (C=O) groups is 2. The van der Waals surface area contributed by atoms with Gasteiger partial charge in [0.1, 0.15) is 4.91 Å². The molecule has 0 fully saturated rings. The summed E-state index contributed by atoms with van der Waals surface area (Å²) in [5.41, 5.74) is -0.774. The molecule has 34 heavy (non-hydrogen) atoms. The Morgan fingerprint density at radius 1 is 1.00 bits per heavy atom. The quantitative estimate of drug-likeness (QED) is 0.181. The number of hydrogen-bond acceptors (Lipinski definition) is 6. The summed E-state index contributed by atoms with van der Waals surface area (Å²) in [6, 6.07) is 13.7. The average Bonchev–Trinajstić information content (AvgIpc) is 2.79. The van der Waals surface area contributed by atoms with E-state index < -0.39 is 48.7 Å². The zero-order valence-corrected chi connectivity index (χ0v) is 19.5. The molecule has 0 radical (unpaired) electrons. The van der Waals surface area contributed by atoms with Gasteiger partial charge >= 0.3 is 11.7 Å². The van der Waals surface area contributed by atoms with E-state index in [4.69, 9.17) is 5.11 Å². The summed E-state index contributed by atoms with van der Waals surface area (Å²) in [5.74, 6) is -3.83. The zero-order chi connectivity index (χ0) is 25.0. The first kappa shape index (κ1) is 24.9. The molecule has 11 heteroatoms. The number of carboxylic acids is 1. The predicted molar refractivity (Wildman–Crippen MR) is 126 cm³/mol. The minimum absolute atomic E-state index is 0.0713. The Hall–Kier alpha value is -3.70. The van der Waals surface area contributed by atoms with Gasteiger partial charge in [0, 0.05) is 16.1 Å². The van der Waals surface area contributed by atoms with E-state index in [9.17, 15) is 32.5 Å². The standard InChI is InChI=1S/C23H15BrFNO7S/c24-18-8-1-14(2-9-18)13-34(32,33)21(12-15-3-10-19(25)20(11-15)26(30)31)22(27)16-4-6-17(7-5-16)23(28)29/h1-12H,13H2,(H,28,29)/b21-12+. The second-order valence-corrected chi connectivity index (χ2v) is 9.95. The summed E-state index contributed by atoms with van der Waals surface area (Å²) < 4.78 is 41.0. The topological polar surface area (TPSA) is 132 Å². The molecule has 0 aliphatic carbocycles. The lowest BCUT2D eigenvalue weighted by Gasteiger charge is -2.10. The van der Waals surface area contributed by atoms with Gasteiger partial charge in [-0.3, -0.25) is 14.9 Å². The summed E-state index contributed by atoms with van der Waals surface area (Å²) in [4.78, 5) is 33.7. The van der Waals surface area contributed by atoms with Crippen molar-refractivity contribution in [3.05, 3.63) is 114 Å². The van der Waals surface area contributed by atoms with Crippen molar-refractivity contribution in [2.24, 2.45) is 0 Å². The monoisotopic (exact) mass is 547 g/mol. The summed E-state index contributed by atoms with van der Waals surface area (Å²) in [5, 5.41) is 20.1. The minimum Gasteiger partial charge on any atom is -0.478 e. The van der Waals surface area contributed by atoms with E-state index in [-0.39, 0.29) is 16.7 Å². The fourth-order valence-electron chi connectivity index (χ4n) is 2.99. The number of halogens is 2. The number of carboxylic acid groups (broad SMARTS) is 1. The third-order valence-corrected chi connectivity index (χ3v) is 6.90. The maximum absolute atomic E-state index is 13.7. The minimum atomic E-state index is -4.29. The highest BCUT2D eigenvalue weighted by molar-refractivity contribution is 9.10. The molecule has 0 spiro atoms. The Balaban J connectivity index is 2.12. The number of benzene rings is 3. The number of ketones is 1. The Labute approximate surface area is 201 Å². The number of nitro groups is 1. The van der Waals surface area contributed by atoms with Gasteiger partial charge < -0.3 is 5.11 Å². The second kappa shape index (κ2) is 10.1. The second-order valence-electron chi connectivity index (χ2n) is 7.07. The number of hydrogen-bond donors (Lipinski definition) is 1. The van der Waals surface area contributed by atoms with Gasteiger partial charge in [-0.05, 0) is 47.5 Å². The highest BCUT2D eigenvalue weighted by Crippen LogP contribution is 2.26. The average molecular weight is 548 g/mol. The SMILES string of the molecule is O=C(O)c1ccc(C(=O)/C(=C\c2ccc(F)c([N+](=O)[O-])c2)S(=O)(=O)Cc2ccc(Br)cc2)cc1. The molecule has 0 aliphatic rings. The van der Waals surface area contributed by atoms with E-state index in [1.54, 1.807) is 24.3 Å². The van der Waals surface area contributed by atoms with Crippen LogP contribution in [0.2, 0.25) is 0 Å². The molecule has 3 rings (SSSR count). The Kier molecular flexibility index (Phi) is 7.38. The van der Waals surface area contributed by atoms with Crippen LogP contribution in [0, 0.1) is 15.9 Å². The maximum Gasteiger partial charge on any atom is 0.335 e. The third kappa shape index (κ3) is 5.80. The van der Waals surface area contributed by atoms with Gasteiger partial charge in [-0.25, -0.2) is 13.2 Å². The first-order chi connectivity index (χ1) is 16.0. The number of nitro benzene ring substituents is 1. The van der Waals surface area contributed by atoms with Gasteiger partial charge in [0.2, 0.25) is 11.6 Å². The number of aromatic carboxylic acids is 1. The van der Waals surface area contributed by atoms with E-state index >= 15 is 0 Å². The molecular formula is C23H15BrFNO7S. The molecular weight excluding hydrogens is 533 g/mol. The van der Waals surface area contributed by atoms with E-state index in [1.807, 2.05) is 0 Å². The summed E-state index contributed by atoms with van der Waals surface area (Å²) in [7, 11) is -4.29. The van der Waals surface area contributed by atoms with Gasteiger partial charge in [-0.1, -0.05) is 46.3 Å². The van der Waals surface area contributed by atoms with Crippen LogP contribution in [0.4, 0.5) is 10.1 Å². The zero-order valence-electron chi connectivity index (χ0n) is 17.1. The Morgan fingerprint density at radius 2 is 1.59 bits per heavy atom. The fraction of sp³-hybridized carbons (Fsp3) is 0.0435. The number of rotatable bonds is 8. The molecule has 0 aliphatic heterocycles. The lowest BCUT2D eigenvalue weighted by molar-refractivity contribution is -0.387. The van der Waals surface area contributed by atoms with E-state index in [0.29, 0.717) is 5.56 Å². The van der Waals surface area contributed by atoms with Crippen molar-refractivity contribution in [3.8, 4) is 0 Å². The van der Waals surface area contributed by atoms with Crippen molar-refractivity contribution in [3.63, 3.8) is 0 Å². The normalized spacial score (nSPS) is 11.8. The van der Waals surface area contributed by atoms with Crippen molar-refractivity contribution in [2.45, 2.75) is 5.75 Å². The van der Waals surface area contributed by atoms with Crippen molar-refractivity contribution >= 4 is 49.3 Å². The van der Waals surface area contributed by atoms with Crippen LogP contribution in [-0.2, 0) is 15.6 Å². The maximum atomic E-state index is 13.7. The van der Waals surface area contributed by atoms with Gasteiger partial charge in [-0.2, -0.15) is 4.39 Å². The summed E-state index contributed by atoms with van der Waals surface area (Å²) >= 11 is 3.25. The number of Topliss-reactive ketones (excluding diaryl/α,β-unsaturated/α-hetero) is 1. The highest BCUT2D eigenvalue weighted by atomic mass is 79.9. The molecule has 8 nitrogen and oxygen atoms in total. The first-order valence-corrected chi connectivity index (χ1v) is 11.9. The highest BCUT2D eigenvalue weighted by Gasteiger charge is 2.27. The number of sulfone groups is 1. The molecule has 0 unspecified atom stereocenters. The molecule has 174 valence electrons. The van der Waals surface area contributed by atoms with E-state index in [1.165, 1.54) is 12.1 Å². The molecule has 0 aromatic heterocycles. The van der Waals surface area contributed by atoms with Crippen LogP contribution in [-0.4, -0.2) is 30.2 Å². The molecule has 0 saturated carbocycles. The van der Waals surface area contributed by atoms with Gasteiger partial charge in [-0.15, -0.1) is 0 Å². The molecule has 0 heterocycles. The van der Waals surface area contributed by atoms with Crippen molar-refractivity contribution < 1.29 is 32.4 Å². The predicted octanol–water partition coefficient (Wildman–Crippen LogP) is 5.03.